The fourth-order valence-electron chi connectivity index (χ4n) is 4.10. The molecule has 0 radical (unpaired) electrons. The summed E-state index contributed by atoms with van der Waals surface area (Å²) in [6.45, 7) is 3.85. The standard InChI is InChI=1S/C23H27N3O3/c1-29-22-5-3-2-4-20(22)26-14-12-25(13-15-26)16-21(27)18-8-6-17(7-9-18)19-10-11-23(28)24-19/h2-9,19H,10-16H2,1H3,(H,24,28). The van der Waals surface area contributed by atoms with Crippen LogP contribution in [0.25, 0.3) is 0 Å². The van der Waals surface area contributed by atoms with E-state index in [0.29, 0.717) is 13.0 Å². The highest BCUT2D eigenvalue weighted by atomic mass is 16.5. The zero-order chi connectivity index (χ0) is 20.2. The number of piperazine rings is 1. The van der Waals surface area contributed by atoms with E-state index in [0.717, 1.165) is 55.2 Å². The number of amides is 1. The molecule has 6 nitrogen and oxygen atoms in total. The predicted octanol–water partition coefficient (Wildman–Crippen LogP) is 2.65. The number of carbonyl (C=O) groups is 2. The quantitative estimate of drug-likeness (QED) is 0.765. The molecule has 29 heavy (non-hydrogen) atoms. The zero-order valence-corrected chi connectivity index (χ0v) is 16.8. The Balaban J connectivity index is 1.31. The van der Waals surface area contributed by atoms with Crippen LogP contribution in [0.3, 0.4) is 0 Å². The molecule has 2 fully saturated rings. The number of hydrogen-bond acceptors (Lipinski definition) is 5. The zero-order valence-electron chi connectivity index (χ0n) is 16.8. The Morgan fingerprint density at radius 3 is 2.45 bits per heavy atom. The Kier molecular flexibility index (Phi) is 5.81. The highest BCUT2D eigenvalue weighted by molar-refractivity contribution is 5.97. The Hall–Kier alpha value is -2.86. The Labute approximate surface area is 171 Å². The molecule has 2 aliphatic heterocycles. The van der Waals surface area contributed by atoms with Gasteiger partial charge < -0.3 is 15.0 Å². The molecule has 1 unspecified atom stereocenters. The van der Waals surface area contributed by atoms with Gasteiger partial charge in [-0.1, -0.05) is 36.4 Å². The molecule has 0 saturated carbocycles. The summed E-state index contributed by atoms with van der Waals surface area (Å²) in [6.07, 6.45) is 1.40. The van der Waals surface area contributed by atoms with Crippen LogP contribution < -0.4 is 15.0 Å². The topological polar surface area (TPSA) is 61.9 Å². The minimum absolute atomic E-state index is 0.0784. The maximum atomic E-state index is 12.7. The number of methoxy groups -OCH3 is 1. The van der Waals surface area contributed by atoms with Gasteiger partial charge in [-0.2, -0.15) is 0 Å². The van der Waals surface area contributed by atoms with Crippen LogP contribution in [0.5, 0.6) is 5.75 Å². The summed E-state index contributed by atoms with van der Waals surface area (Å²) in [6, 6.07) is 15.8. The summed E-state index contributed by atoms with van der Waals surface area (Å²) in [5, 5.41) is 2.96. The van der Waals surface area contributed by atoms with Gasteiger partial charge in [-0.05, 0) is 24.1 Å². The summed E-state index contributed by atoms with van der Waals surface area (Å²) < 4.78 is 5.47. The fraction of sp³-hybridized carbons (Fsp3) is 0.391. The molecular weight excluding hydrogens is 366 g/mol. The molecule has 6 heteroatoms. The number of nitrogens with zero attached hydrogens (tertiary/aromatic N) is 2. The number of nitrogens with one attached hydrogen (secondary N) is 1. The monoisotopic (exact) mass is 393 g/mol. The average Bonchev–Trinajstić information content (AvgIpc) is 3.20. The van der Waals surface area contributed by atoms with E-state index in [1.165, 1.54) is 0 Å². The Bertz CT molecular complexity index is 873. The van der Waals surface area contributed by atoms with Gasteiger partial charge in [0, 0.05) is 38.2 Å². The number of Topliss-reactive ketones (excluding diaryl/α,β-unsaturated/α-hetero) is 1. The molecule has 0 bridgehead atoms. The van der Waals surface area contributed by atoms with E-state index in [9.17, 15) is 9.59 Å². The molecule has 2 aromatic rings. The lowest BCUT2D eigenvalue weighted by Crippen LogP contribution is -2.48. The number of para-hydroxylation sites is 2. The van der Waals surface area contributed by atoms with Gasteiger partial charge >= 0.3 is 0 Å². The Morgan fingerprint density at radius 1 is 1.07 bits per heavy atom. The molecule has 0 aliphatic carbocycles. The van der Waals surface area contributed by atoms with E-state index in [-0.39, 0.29) is 17.7 Å². The van der Waals surface area contributed by atoms with Crippen LogP contribution in [0.15, 0.2) is 48.5 Å². The molecule has 1 amide bonds. The van der Waals surface area contributed by atoms with E-state index in [4.69, 9.17) is 4.74 Å². The molecule has 0 aromatic heterocycles. The van der Waals surface area contributed by atoms with Gasteiger partial charge in [0.2, 0.25) is 5.91 Å². The number of hydrogen-bond donors (Lipinski definition) is 1. The number of benzene rings is 2. The number of rotatable bonds is 6. The van der Waals surface area contributed by atoms with Gasteiger partial charge in [-0.25, -0.2) is 0 Å². The lowest BCUT2D eigenvalue weighted by molar-refractivity contribution is -0.119. The van der Waals surface area contributed by atoms with E-state index in [2.05, 4.69) is 21.2 Å². The third-order valence-corrected chi connectivity index (χ3v) is 5.80. The van der Waals surface area contributed by atoms with Crippen LogP contribution in [0, 0.1) is 0 Å². The summed E-state index contributed by atoms with van der Waals surface area (Å²) in [7, 11) is 1.69. The van der Waals surface area contributed by atoms with Gasteiger partial charge in [0.05, 0.1) is 25.4 Å². The van der Waals surface area contributed by atoms with E-state index >= 15 is 0 Å². The van der Waals surface area contributed by atoms with Crippen molar-refractivity contribution < 1.29 is 14.3 Å². The number of ketones is 1. The maximum Gasteiger partial charge on any atom is 0.220 e. The van der Waals surface area contributed by atoms with Gasteiger partial charge in [0.1, 0.15) is 5.75 Å². The minimum Gasteiger partial charge on any atom is -0.495 e. The third-order valence-electron chi connectivity index (χ3n) is 5.80. The molecule has 1 N–H and O–H groups in total. The summed E-state index contributed by atoms with van der Waals surface area (Å²) in [5.74, 6) is 1.12. The van der Waals surface area contributed by atoms with Crippen LogP contribution in [0.2, 0.25) is 0 Å². The highest BCUT2D eigenvalue weighted by Gasteiger charge is 2.23. The first kappa shape index (κ1) is 19.5. The maximum absolute atomic E-state index is 12.7. The van der Waals surface area contributed by atoms with Crippen molar-refractivity contribution in [2.24, 2.45) is 0 Å². The van der Waals surface area contributed by atoms with Crippen LogP contribution in [-0.4, -0.2) is 56.4 Å². The van der Waals surface area contributed by atoms with E-state index in [1.807, 2.05) is 42.5 Å². The lowest BCUT2D eigenvalue weighted by atomic mass is 10.0. The van der Waals surface area contributed by atoms with E-state index in [1.54, 1.807) is 7.11 Å². The highest BCUT2D eigenvalue weighted by Crippen LogP contribution is 2.28. The van der Waals surface area contributed by atoms with Gasteiger partial charge in [-0.3, -0.25) is 14.5 Å². The van der Waals surface area contributed by atoms with Crippen LogP contribution >= 0.6 is 0 Å². The van der Waals surface area contributed by atoms with Crippen LogP contribution in [0.1, 0.15) is 34.8 Å². The first-order valence-corrected chi connectivity index (χ1v) is 10.2. The first-order chi connectivity index (χ1) is 14.1. The van der Waals surface area contributed by atoms with Gasteiger partial charge in [0.25, 0.3) is 0 Å². The molecule has 0 spiro atoms. The first-order valence-electron chi connectivity index (χ1n) is 10.2. The number of ether oxygens (including phenoxy) is 1. The predicted molar refractivity (Wildman–Crippen MR) is 113 cm³/mol. The fourth-order valence-corrected chi connectivity index (χ4v) is 4.10. The normalized spacial score (nSPS) is 19.8. The number of anilines is 1. The molecular formula is C23H27N3O3. The Morgan fingerprint density at radius 2 is 1.79 bits per heavy atom. The third kappa shape index (κ3) is 4.43. The van der Waals surface area contributed by atoms with Crippen molar-refractivity contribution in [3.63, 3.8) is 0 Å². The van der Waals surface area contributed by atoms with Crippen LogP contribution in [-0.2, 0) is 4.79 Å². The van der Waals surface area contributed by atoms with E-state index < -0.39 is 0 Å². The summed E-state index contributed by atoms with van der Waals surface area (Å²) in [5.41, 5.74) is 2.90. The molecule has 2 heterocycles. The smallest absolute Gasteiger partial charge is 0.220 e. The second-order valence-electron chi connectivity index (χ2n) is 7.64. The van der Waals surface area contributed by atoms with Crippen molar-refractivity contribution >= 4 is 17.4 Å². The summed E-state index contributed by atoms with van der Waals surface area (Å²) in [4.78, 5) is 28.6. The molecule has 2 aliphatic rings. The van der Waals surface area contributed by atoms with Gasteiger partial charge in [-0.15, -0.1) is 0 Å². The van der Waals surface area contributed by atoms with Crippen molar-refractivity contribution in [3.05, 3.63) is 59.7 Å². The van der Waals surface area contributed by atoms with Crippen molar-refractivity contribution in [2.45, 2.75) is 18.9 Å². The molecule has 2 aromatic carbocycles. The molecule has 2 saturated heterocycles. The van der Waals surface area contributed by atoms with Crippen molar-refractivity contribution in [1.29, 1.82) is 0 Å². The minimum atomic E-state index is 0.0784. The summed E-state index contributed by atoms with van der Waals surface area (Å²) >= 11 is 0. The molecule has 152 valence electrons. The van der Waals surface area contributed by atoms with Crippen molar-refractivity contribution in [2.75, 3.05) is 44.7 Å². The molecule has 4 rings (SSSR count). The number of carbonyl (C=O) groups excluding carboxylic acids is 2. The molecule has 1 atom stereocenters. The second kappa shape index (κ2) is 8.66. The largest absolute Gasteiger partial charge is 0.495 e. The van der Waals surface area contributed by atoms with Gasteiger partial charge in [0.15, 0.2) is 5.78 Å². The van der Waals surface area contributed by atoms with Crippen molar-refractivity contribution in [3.8, 4) is 5.75 Å². The second-order valence-corrected chi connectivity index (χ2v) is 7.64. The average molecular weight is 393 g/mol. The van der Waals surface area contributed by atoms with Crippen LogP contribution in [0.4, 0.5) is 5.69 Å². The van der Waals surface area contributed by atoms with Crippen molar-refractivity contribution in [1.82, 2.24) is 10.2 Å². The SMILES string of the molecule is COc1ccccc1N1CCN(CC(=O)c2ccc(C3CCC(=O)N3)cc2)CC1. The lowest BCUT2D eigenvalue weighted by Gasteiger charge is -2.36.